The van der Waals surface area contributed by atoms with Gasteiger partial charge >= 0.3 is 23.9 Å². The number of ether oxygens (including phenoxy) is 1. The summed E-state index contributed by atoms with van der Waals surface area (Å²) in [6.07, 6.45) is -12.8. The van der Waals surface area contributed by atoms with Gasteiger partial charge in [0, 0.05) is 23.4 Å². The smallest absolute Gasteiger partial charge is 0.438 e. The van der Waals surface area contributed by atoms with Crippen LogP contribution in [-0.4, -0.2) is 56.7 Å². The zero-order valence-corrected chi connectivity index (χ0v) is 16.5. The van der Waals surface area contributed by atoms with Crippen LogP contribution >= 0.6 is 22.6 Å². The Morgan fingerprint density at radius 2 is 1.63 bits per heavy atom. The first-order chi connectivity index (χ1) is 11.9. The highest BCUT2D eigenvalue weighted by molar-refractivity contribution is 14.1. The van der Waals surface area contributed by atoms with E-state index >= 15 is 0 Å². The van der Waals surface area contributed by atoms with Crippen molar-refractivity contribution >= 4 is 44.4 Å². The van der Waals surface area contributed by atoms with E-state index in [0.717, 1.165) is 12.1 Å². The van der Waals surface area contributed by atoms with E-state index in [9.17, 15) is 44.1 Å². The highest BCUT2D eigenvalue weighted by Crippen LogP contribution is 2.47. The number of hydrogen-bond donors (Lipinski definition) is 0. The van der Waals surface area contributed by atoms with E-state index in [2.05, 4.69) is 4.74 Å². The van der Waals surface area contributed by atoms with Gasteiger partial charge in [0.05, 0.1) is 21.4 Å². The van der Waals surface area contributed by atoms with Crippen LogP contribution in [0.2, 0.25) is 0 Å². The van der Waals surface area contributed by atoms with E-state index in [1.165, 1.54) is 6.07 Å². The number of esters is 1. The van der Waals surface area contributed by atoms with Gasteiger partial charge in [0.2, 0.25) is 0 Å². The van der Waals surface area contributed by atoms with E-state index < -0.39 is 45.4 Å². The molecule has 0 radical (unpaired) electrons. The van der Waals surface area contributed by atoms with Crippen LogP contribution in [-0.2, 0) is 14.9 Å². The molecule has 0 bridgehead atoms. The van der Waals surface area contributed by atoms with Gasteiger partial charge in [-0.2, -0.15) is 26.3 Å². The molecule has 154 valence electrons. The molecule has 0 saturated carbocycles. The van der Waals surface area contributed by atoms with Crippen LogP contribution in [0.15, 0.2) is 18.2 Å². The molecule has 0 amide bonds. The Balaban J connectivity index is 3.46. The molecule has 27 heavy (non-hydrogen) atoms. The van der Waals surface area contributed by atoms with Gasteiger partial charge in [0.1, 0.15) is 0 Å². The molecule has 1 aromatic rings. The molecule has 0 N–H and O–H groups in total. The van der Waals surface area contributed by atoms with Gasteiger partial charge in [-0.3, -0.25) is 0 Å². The largest absolute Gasteiger partial charge is 0.748 e. The summed E-state index contributed by atoms with van der Waals surface area (Å²) < 4.78 is 115. The molecule has 0 heterocycles. The zero-order valence-electron chi connectivity index (χ0n) is 13.5. The molecule has 0 aliphatic rings. The van der Waals surface area contributed by atoms with Crippen LogP contribution in [0.5, 0.6) is 0 Å². The molecule has 6 nitrogen and oxygen atoms in total. The van der Waals surface area contributed by atoms with Crippen LogP contribution in [0.4, 0.5) is 32.0 Å². The Kier molecular flexibility index (Phi) is 6.70. The quantitative estimate of drug-likeness (QED) is 0.250. The molecule has 1 rings (SSSR count). The first-order valence-corrected chi connectivity index (χ1v) is 9.34. The third kappa shape index (κ3) is 5.37. The van der Waals surface area contributed by atoms with E-state index in [4.69, 9.17) is 0 Å². The minimum Gasteiger partial charge on any atom is -0.748 e. The third-order valence-electron chi connectivity index (χ3n) is 3.23. The lowest BCUT2D eigenvalue weighted by Crippen LogP contribution is -2.63. The van der Waals surface area contributed by atoms with Crippen molar-refractivity contribution in [3.05, 3.63) is 27.3 Å². The summed E-state index contributed by atoms with van der Waals surface area (Å²) >= 11 is 1.69. The molecule has 14 heteroatoms. The van der Waals surface area contributed by atoms with Gasteiger partial charge in [-0.05, 0) is 40.8 Å². The molecule has 0 saturated heterocycles. The van der Waals surface area contributed by atoms with Crippen LogP contribution in [0.3, 0.4) is 0 Å². The second-order valence-corrected chi connectivity index (χ2v) is 8.04. The average molecular weight is 534 g/mol. The second-order valence-electron chi connectivity index (χ2n) is 5.47. The van der Waals surface area contributed by atoms with Crippen molar-refractivity contribution in [2.45, 2.75) is 18.0 Å². The lowest BCUT2D eigenvalue weighted by Gasteiger charge is -2.36. The predicted molar refractivity (Wildman–Crippen MR) is 88.3 cm³/mol. The molecule has 0 aliphatic heterocycles. The van der Waals surface area contributed by atoms with Crippen molar-refractivity contribution in [1.82, 2.24) is 0 Å². The van der Waals surface area contributed by atoms with Gasteiger partial charge in [-0.1, -0.05) is 0 Å². The SMILES string of the molecule is CN(C)c1ccc(C(=O)OC(CS(=O)(=O)[O-])(C(F)(F)F)C(F)(F)F)cc1I. The molecule has 1 aromatic carbocycles. The zero-order chi connectivity index (χ0) is 21.4. The van der Waals surface area contributed by atoms with Crippen molar-refractivity contribution < 1.29 is 48.8 Å². The Morgan fingerprint density at radius 3 is 1.96 bits per heavy atom. The number of nitrogens with zero attached hydrogens (tertiary/aromatic N) is 1. The first-order valence-electron chi connectivity index (χ1n) is 6.68. The summed E-state index contributed by atoms with van der Waals surface area (Å²) in [6.45, 7) is 0. The Hall–Kier alpha value is -1.29. The monoisotopic (exact) mass is 534 g/mol. The maximum absolute atomic E-state index is 13.1. The Bertz CT molecular complexity index is 807. The van der Waals surface area contributed by atoms with E-state index in [1.807, 2.05) is 0 Å². The predicted octanol–water partition coefficient (Wildman–Crippen LogP) is 2.92. The molecule has 0 fully saturated rings. The number of anilines is 1. The van der Waals surface area contributed by atoms with E-state index in [-0.39, 0.29) is 0 Å². The Labute approximate surface area is 163 Å². The number of rotatable bonds is 5. The van der Waals surface area contributed by atoms with Crippen molar-refractivity contribution in [3.8, 4) is 0 Å². The van der Waals surface area contributed by atoms with Crippen LogP contribution in [0.25, 0.3) is 0 Å². The van der Waals surface area contributed by atoms with E-state index in [0.29, 0.717) is 9.26 Å². The first kappa shape index (κ1) is 23.7. The number of halogens is 7. The normalized spacial score (nSPS) is 13.4. The molecule has 0 unspecified atom stereocenters. The maximum Gasteiger partial charge on any atom is 0.438 e. The fourth-order valence-corrected chi connectivity index (χ4v) is 3.81. The summed E-state index contributed by atoms with van der Waals surface area (Å²) in [4.78, 5) is 13.5. The maximum atomic E-state index is 13.1. The number of carbonyl (C=O) groups excluding carboxylic acids is 1. The van der Waals surface area contributed by atoms with E-state index in [1.54, 1.807) is 41.6 Å². The van der Waals surface area contributed by atoms with Crippen molar-refractivity contribution in [2.24, 2.45) is 0 Å². The Morgan fingerprint density at radius 1 is 1.15 bits per heavy atom. The lowest BCUT2D eigenvalue weighted by atomic mass is 10.1. The number of benzene rings is 1. The van der Waals surface area contributed by atoms with Gasteiger partial charge < -0.3 is 14.2 Å². The highest BCUT2D eigenvalue weighted by Gasteiger charge is 2.75. The molecular formula is C13H11F6INO5S-. The lowest BCUT2D eigenvalue weighted by molar-refractivity contribution is -0.356. The topological polar surface area (TPSA) is 86.7 Å². The molecule has 0 aliphatic carbocycles. The third-order valence-corrected chi connectivity index (χ3v) is 4.85. The van der Waals surface area contributed by atoms with Gasteiger partial charge in [0.25, 0.3) is 0 Å². The number of alkyl halides is 6. The van der Waals surface area contributed by atoms with Gasteiger partial charge in [-0.15, -0.1) is 0 Å². The van der Waals surface area contributed by atoms with Crippen molar-refractivity contribution in [2.75, 3.05) is 24.7 Å². The fraction of sp³-hybridized carbons (Fsp3) is 0.462. The van der Waals surface area contributed by atoms with Gasteiger partial charge in [0.15, 0.2) is 0 Å². The summed E-state index contributed by atoms with van der Waals surface area (Å²) in [7, 11) is -2.87. The summed E-state index contributed by atoms with van der Waals surface area (Å²) in [5, 5.41) is 0. The number of carbonyl (C=O) groups is 1. The highest BCUT2D eigenvalue weighted by atomic mass is 127. The summed E-state index contributed by atoms with van der Waals surface area (Å²) in [5.74, 6) is -5.12. The molecule has 0 atom stereocenters. The van der Waals surface area contributed by atoms with Crippen molar-refractivity contribution in [1.29, 1.82) is 0 Å². The van der Waals surface area contributed by atoms with Crippen LogP contribution < -0.4 is 4.90 Å². The van der Waals surface area contributed by atoms with Crippen molar-refractivity contribution in [3.63, 3.8) is 0 Å². The number of hydrogen-bond acceptors (Lipinski definition) is 6. The molecule has 0 spiro atoms. The average Bonchev–Trinajstić information content (AvgIpc) is 2.41. The second kappa shape index (κ2) is 7.62. The standard InChI is InChI=1S/C13H12F6INO5S/c1-21(2)9-4-3-7(5-8(9)20)10(22)26-11(12(14,15)16,13(17,18)19)6-27(23,24)25/h3-5H,6H2,1-2H3,(H,23,24,25)/p-1. The molecular weight excluding hydrogens is 523 g/mol. The molecule has 0 aromatic heterocycles. The van der Waals surface area contributed by atoms with Crippen LogP contribution in [0.1, 0.15) is 10.4 Å². The van der Waals surface area contributed by atoms with Gasteiger partial charge in [-0.25, -0.2) is 13.2 Å². The minimum atomic E-state index is -6.41. The summed E-state index contributed by atoms with van der Waals surface area (Å²) in [5.41, 5.74) is -5.68. The minimum absolute atomic E-state index is 0.299. The van der Waals surface area contributed by atoms with Crippen LogP contribution in [0, 0.1) is 3.57 Å². The summed E-state index contributed by atoms with van der Waals surface area (Å²) in [6, 6.07) is 3.11. The fourth-order valence-electron chi connectivity index (χ4n) is 1.93.